The van der Waals surface area contributed by atoms with Crippen LogP contribution in [0.5, 0.6) is 0 Å². The summed E-state index contributed by atoms with van der Waals surface area (Å²) in [7, 11) is 0. The maximum Gasteiger partial charge on any atom is 0.185 e. The van der Waals surface area contributed by atoms with Crippen LogP contribution >= 0.6 is 11.8 Å². The standard InChI is InChI=1S/C11H12FNOS/c1-9(14)15-7-3-2-4-11-8-10(12)5-6-13-11/h2,4-6,8H,3,7H2,1H3. The fourth-order valence-corrected chi connectivity index (χ4v) is 1.53. The number of thioether (sulfide) groups is 1. The van der Waals surface area contributed by atoms with Gasteiger partial charge in [-0.15, -0.1) is 0 Å². The topological polar surface area (TPSA) is 30.0 Å². The molecule has 4 heteroatoms. The molecule has 1 heterocycles. The first-order chi connectivity index (χ1) is 7.18. The number of carbonyl (C=O) groups excluding carboxylic acids is 1. The molecule has 0 aromatic carbocycles. The van der Waals surface area contributed by atoms with E-state index in [2.05, 4.69) is 4.98 Å². The van der Waals surface area contributed by atoms with Gasteiger partial charge in [-0.05, 0) is 24.6 Å². The van der Waals surface area contributed by atoms with Gasteiger partial charge in [0.1, 0.15) is 5.82 Å². The monoisotopic (exact) mass is 225 g/mol. The summed E-state index contributed by atoms with van der Waals surface area (Å²) in [4.78, 5) is 14.6. The molecule has 1 aromatic rings. The summed E-state index contributed by atoms with van der Waals surface area (Å²) in [5.41, 5.74) is 0.600. The van der Waals surface area contributed by atoms with E-state index in [1.165, 1.54) is 30.1 Å². The molecule has 0 atom stereocenters. The van der Waals surface area contributed by atoms with Crippen molar-refractivity contribution in [1.29, 1.82) is 0 Å². The number of hydrogen-bond donors (Lipinski definition) is 0. The molecular weight excluding hydrogens is 213 g/mol. The van der Waals surface area contributed by atoms with Crippen LogP contribution in [0.25, 0.3) is 6.08 Å². The van der Waals surface area contributed by atoms with Crippen LogP contribution in [0.2, 0.25) is 0 Å². The zero-order valence-corrected chi connectivity index (χ0v) is 9.26. The van der Waals surface area contributed by atoms with Gasteiger partial charge in [0.25, 0.3) is 0 Å². The SMILES string of the molecule is CC(=O)SCCC=Cc1cc(F)ccn1. The highest BCUT2D eigenvalue weighted by Crippen LogP contribution is 2.06. The third-order valence-corrected chi connectivity index (χ3v) is 2.47. The lowest BCUT2D eigenvalue weighted by Gasteiger charge is -1.93. The van der Waals surface area contributed by atoms with Crippen LogP contribution in [-0.2, 0) is 4.79 Å². The highest BCUT2D eigenvalue weighted by atomic mass is 32.2. The second-order valence-corrected chi connectivity index (χ2v) is 4.20. The molecule has 1 aromatic heterocycles. The minimum Gasteiger partial charge on any atom is -0.288 e. The molecule has 0 spiro atoms. The number of pyridine rings is 1. The van der Waals surface area contributed by atoms with E-state index in [0.29, 0.717) is 5.69 Å². The Balaban J connectivity index is 2.35. The van der Waals surface area contributed by atoms with Crippen LogP contribution in [0.1, 0.15) is 19.0 Å². The number of halogens is 1. The van der Waals surface area contributed by atoms with E-state index in [1.807, 2.05) is 6.08 Å². The van der Waals surface area contributed by atoms with Gasteiger partial charge in [-0.1, -0.05) is 17.8 Å². The average Bonchev–Trinajstić information content (AvgIpc) is 2.17. The van der Waals surface area contributed by atoms with Crippen molar-refractivity contribution >= 4 is 23.0 Å². The van der Waals surface area contributed by atoms with Crippen LogP contribution in [0.3, 0.4) is 0 Å². The van der Waals surface area contributed by atoms with Crippen molar-refractivity contribution in [2.24, 2.45) is 0 Å². The normalized spacial score (nSPS) is 10.8. The summed E-state index contributed by atoms with van der Waals surface area (Å²) in [5, 5.41) is 0.118. The molecule has 0 aliphatic carbocycles. The maximum absolute atomic E-state index is 12.7. The Bertz CT molecular complexity index is 365. The second-order valence-electron chi connectivity index (χ2n) is 2.93. The molecule has 0 aliphatic heterocycles. The highest BCUT2D eigenvalue weighted by molar-refractivity contribution is 8.13. The first-order valence-corrected chi connectivity index (χ1v) is 5.58. The lowest BCUT2D eigenvalue weighted by molar-refractivity contribution is -0.109. The lowest BCUT2D eigenvalue weighted by atomic mass is 10.3. The third kappa shape index (κ3) is 5.32. The second kappa shape index (κ2) is 6.35. The Morgan fingerprint density at radius 2 is 2.47 bits per heavy atom. The number of hydrogen-bond acceptors (Lipinski definition) is 3. The van der Waals surface area contributed by atoms with E-state index in [0.717, 1.165) is 12.2 Å². The smallest absolute Gasteiger partial charge is 0.185 e. The van der Waals surface area contributed by atoms with Crippen LogP contribution in [-0.4, -0.2) is 15.9 Å². The fraction of sp³-hybridized carbons (Fsp3) is 0.273. The summed E-state index contributed by atoms with van der Waals surface area (Å²) in [5.74, 6) is 0.462. The van der Waals surface area contributed by atoms with Crippen molar-refractivity contribution in [2.75, 3.05) is 5.75 Å². The van der Waals surface area contributed by atoms with E-state index in [1.54, 1.807) is 13.0 Å². The number of allylic oxidation sites excluding steroid dienone is 1. The van der Waals surface area contributed by atoms with E-state index in [9.17, 15) is 9.18 Å². The van der Waals surface area contributed by atoms with Crippen molar-refractivity contribution in [3.05, 3.63) is 35.9 Å². The Morgan fingerprint density at radius 3 is 3.13 bits per heavy atom. The number of rotatable bonds is 4. The molecule has 0 N–H and O–H groups in total. The van der Waals surface area contributed by atoms with Crippen molar-refractivity contribution in [2.45, 2.75) is 13.3 Å². The van der Waals surface area contributed by atoms with Crippen molar-refractivity contribution in [1.82, 2.24) is 4.98 Å². The van der Waals surface area contributed by atoms with Crippen molar-refractivity contribution in [3.63, 3.8) is 0 Å². The summed E-state index contributed by atoms with van der Waals surface area (Å²) in [6, 6.07) is 2.68. The molecule has 1 rings (SSSR count). The largest absolute Gasteiger partial charge is 0.288 e. The van der Waals surface area contributed by atoms with Gasteiger partial charge < -0.3 is 0 Å². The van der Waals surface area contributed by atoms with Crippen LogP contribution < -0.4 is 0 Å². The van der Waals surface area contributed by atoms with Crippen LogP contribution in [0.4, 0.5) is 4.39 Å². The van der Waals surface area contributed by atoms with Gasteiger partial charge in [0.05, 0.1) is 5.69 Å². The highest BCUT2D eigenvalue weighted by Gasteiger charge is 1.93. The molecule has 2 nitrogen and oxygen atoms in total. The summed E-state index contributed by atoms with van der Waals surface area (Å²) in [6.07, 6.45) is 5.85. The zero-order valence-electron chi connectivity index (χ0n) is 8.44. The minimum absolute atomic E-state index is 0.118. The molecule has 0 aliphatic rings. The molecule has 0 saturated heterocycles. The molecule has 0 saturated carbocycles. The maximum atomic E-state index is 12.7. The summed E-state index contributed by atoms with van der Waals surface area (Å²) >= 11 is 1.28. The molecule has 0 fully saturated rings. The average molecular weight is 225 g/mol. The quantitative estimate of drug-likeness (QED) is 0.738. The van der Waals surface area contributed by atoms with Crippen molar-refractivity contribution in [3.8, 4) is 0 Å². The van der Waals surface area contributed by atoms with Gasteiger partial charge in [-0.2, -0.15) is 0 Å². The molecule has 0 unspecified atom stereocenters. The Kier molecular flexibility index (Phi) is 5.04. The van der Waals surface area contributed by atoms with Gasteiger partial charge >= 0.3 is 0 Å². The van der Waals surface area contributed by atoms with E-state index in [-0.39, 0.29) is 10.9 Å². The van der Waals surface area contributed by atoms with Gasteiger partial charge in [0.2, 0.25) is 0 Å². The van der Waals surface area contributed by atoms with Gasteiger partial charge in [-0.25, -0.2) is 4.39 Å². The lowest BCUT2D eigenvalue weighted by Crippen LogP contribution is -1.84. The first kappa shape index (κ1) is 11.9. The number of carbonyl (C=O) groups is 1. The molecule has 15 heavy (non-hydrogen) atoms. The van der Waals surface area contributed by atoms with Gasteiger partial charge in [0.15, 0.2) is 5.12 Å². The summed E-state index contributed by atoms with van der Waals surface area (Å²) < 4.78 is 12.7. The van der Waals surface area contributed by atoms with E-state index < -0.39 is 0 Å². The third-order valence-electron chi connectivity index (χ3n) is 1.62. The first-order valence-electron chi connectivity index (χ1n) is 4.60. The summed E-state index contributed by atoms with van der Waals surface area (Å²) in [6.45, 7) is 1.54. The predicted molar refractivity (Wildman–Crippen MR) is 61.0 cm³/mol. The van der Waals surface area contributed by atoms with E-state index in [4.69, 9.17) is 0 Å². The van der Waals surface area contributed by atoms with Crippen molar-refractivity contribution < 1.29 is 9.18 Å². The Hall–Kier alpha value is -1.16. The predicted octanol–water partition coefficient (Wildman–Crippen LogP) is 2.90. The van der Waals surface area contributed by atoms with Gasteiger partial charge in [-0.3, -0.25) is 9.78 Å². The molecule has 0 radical (unpaired) electrons. The van der Waals surface area contributed by atoms with E-state index >= 15 is 0 Å². The van der Waals surface area contributed by atoms with Gasteiger partial charge in [0, 0.05) is 18.9 Å². The fourth-order valence-electron chi connectivity index (χ4n) is 0.987. The molecular formula is C11H12FNOS. The Labute approximate surface area is 92.6 Å². The van der Waals surface area contributed by atoms with Crippen LogP contribution in [0, 0.1) is 5.82 Å². The Morgan fingerprint density at radius 1 is 1.67 bits per heavy atom. The molecule has 0 amide bonds. The molecule has 0 bridgehead atoms. The molecule has 80 valence electrons. The zero-order chi connectivity index (χ0) is 11.1. The number of aromatic nitrogens is 1. The van der Waals surface area contributed by atoms with Crippen LogP contribution in [0.15, 0.2) is 24.4 Å². The number of nitrogens with zero attached hydrogens (tertiary/aromatic N) is 1. The minimum atomic E-state index is -0.289.